The van der Waals surface area contributed by atoms with Crippen molar-refractivity contribution in [3.8, 4) is 0 Å². The Morgan fingerprint density at radius 2 is 2.20 bits per heavy atom. The van der Waals surface area contributed by atoms with Crippen LogP contribution in [-0.4, -0.2) is 43.5 Å². The molecule has 0 unspecified atom stereocenters. The summed E-state index contributed by atoms with van der Waals surface area (Å²) in [5.41, 5.74) is 0. The fraction of sp³-hybridized carbons (Fsp3) is 1.00. The maximum atomic E-state index is 9.07. The third-order valence-electron chi connectivity index (χ3n) is 1.59. The molecule has 57 valence electrons. The molecule has 1 rings (SSSR count). The summed E-state index contributed by atoms with van der Waals surface area (Å²) in [6.45, 7) is 1.81. The molecule has 1 aliphatic heterocycles. The fourth-order valence-electron chi connectivity index (χ4n) is 1.10. The number of rotatable bonds is 1. The zero-order chi connectivity index (χ0) is 6.85. The zero-order valence-electron chi connectivity index (χ0n) is 6.03. The first-order valence-electron chi connectivity index (χ1n) is 3.18. The second-order valence-corrected chi connectivity index (χ2v) is 2.47. The fourth-order valence-corrected chi connectivity index (χ4v) is 1.10. The van der Waals surface area contributed by atoms with Crippen molar-refractivity contribution in [2.45, 2.75) is 31.7 Å². The van der Waals surface area contributed by atoms with Crippen molar-refractivity contribution in [2.75, 3.05) is 6.61 Å². The van der Waals surface area contributed by atoms with Crippen LogP contribution >= 0.6 is 0 Å². The summed E-state index contributed by atoms with van der Waals surface area (Å²) in [6.07, 6.45) is -0.0762. The Balaban J connectivity index is 0.000000810. The maximum absolute atomic E-state index is 9.07. The average Bonchev–Trinajstić information content (AvgIpc) is 2.10. The molecule has 1 aliphatic rings. The lowest BCUT2D eigenvalue weighted by Crippen LogP contribution is -2.24. The van der Waals surface area contributed by atoms with Gasteiger partial charge in [0, 0.05) is 14.8 Å². The van der Waals surface area contributed by atoms with Crippen LogP contribution in [0.25, 0.3) is 0 Å². The quantitative estimate of drug-likeness (QED) is 0.469. The lowest BCUT2D eigenvalue weighted by atomic mass is 10.1. The van der Waals surface area contributed by atoms with E-state index in [9.17, 15) is 0 Å². The molecule has 0 aromatic rings. The zero-order valence-corrected chi connectivity index (χ0v) is 6.03. The highest BCUT2D eigenvalue weighted by atomic mass is 16.5. The topological polar surface area (TPSA) is 49.7 Å². The third-order valence-corrected chi connectivity index (χ3v) is 1.59. The normalized spacial score (nSPS) is 39.3. The van der Waals surface area contributed by atoms with E-state index in [-0.39, 0.29) is 27.2 Å². The van der Waals surface area contributed by atoms with Crippen molar-refractivity contribution in [2.24, 2.45) is 0 Å². The Hall–Kier alpha value is -0.0551. The van der Waals surface area contributed by atoms with Gasteiger partial charge in [0.05, 0.1) is 18.8 Å². The monoisotopic (exact) mass is 143 g/mol. The van der Waals surface area contributed by atoms with Gasteiger partial charge < -0.3 is 14.9 Å². The van der Waals surface area contributed by atoms with Crippen molar-refractivity contribution in [1.29, 1.82) is 0 Å². The van der Waals surface area contributed by atoms with Gasteiger partial charge in [0.2, 0.25) is 0 Å². The van der Waals surface area contributed by atoms with Gasteiger partial charge in [-0.3, -0.25) is 0 Å². The van der Waals surface area contributed by atoms with E-state index in [1.807, 2.05) is 6.92 Å². The molecule has 4 heteroatoms. The highest BCUT2D eigenvalue weighted by Gasteiger charge is 2.30. The van der Waals surface area contributed by atoms with Crippen molar-refractivity contribution in [3.05, 3.63) is 0 Å². The van der Waals surface area contributed by atoms with Crippen LogP contribution in [0.3, 0.4) is 0 Å². The van der Waals surface area contributed by atoms with Crippen LogP contribution in [0, 0.1) is 0 Å². The van der Waals surface area contributed by atoms with E-state index in [4.69, 9.17) is 14.9 Å². The first kappa shape index (κ1) is 9.94. The summed E-state index contributed by atoms with van der Waals surface area (Å²) in [7, 11) is 0. The Morgan fingerprint density at radius 1 is 1.60 bits per heavy atom. The van der Waals surface area contributed by atoms with E-state index < -0.39 is 6.10 Å². The average molecular weight is 143 g/mol. The van der Waals surface area contributed by atoms with Crippen molar-refractivity contribution in [1.82, 2.24) is 0 Å². The molecule has 0 aromatic heterocycles. The molecule has 0 aliphatic carbocycles. The van der Waals surface area contributed by atoms with Gasteiger partial charge in [-0.2, -0.15) is 0 Å². The summed E-state index contributed by atoms with van der Waals surface area (Å²) in [6, 6.07) is 0. The third kappa shape index (κ3) is 1.97. The molecule has 0 aromatic carbocycles. The predicted octanol–water partition coefficient (Wildman–Crippen LogP) is -0.864. The Bertz CT molecular complexity index is 99.0. The standard InChI is InChI=1S/C6H12O3.B/c1-4-2-5(8)6(3-7)9-4;/h4-8H,2-3H2,1H3;/t4-,5+,6+;/m0./s1. The largest absolute Gasteiger partial charge is 0.394 e. The highest BCUT2D eigenvalue weighted by molar-refractivity contribution is 5.75. The van der Waals surface area contributed by atoms with Gasteiger partial charge in [-0.1, -0.05) is 0 Å². The van der Waals surface area contributed by atoms with Crippen LogP contribution in [0.15, 0.2) is 0 Å². The van der Waals surface area contributed by atoms with E-state index in [2.05, 4.69) is 0 Å². The number of hydrogen-bond donors (Lipinski definition) is 2. The van der Waals surface area contributed by atoms with Crippen LogP contribution < -0.4 is 0 Å². The highest BCUT2D eigenvalue weighted by Crippen LogP contribution is 2.18. The minimum atomic E-state index is -0.468. The second kappa shape index (κ2) is 3.96. The minimum Gasteiger partial charge on any atom is -0.394 e. The van der Waals surface area contributed by atoms with E-state index in [1.165, 1.54) is 0 Å². The van der Waals surface area contributed by atoms with Gasteiger partial charge in [-0.25, -0.2) is 0 Å². The molecular formula is C6H12BO3. The molecular weight excluding hydrogens is 131 g/mol. The SMILES string of the molecule is C[C@H]1C[C@@H](O)[C@@H](CO)O1.[B]. The summed E-state index contributed by atoms with van der Waals surface area (Å²) in [5, 5.41) is 17.6. The van der Waals surface area contributed by atoms with E-state index in [0.717, 1.165) is 0 Å². The Labute approximate surface area is 62.6 Å². The molecule has 1 saturated heterocycles. The van der Waals surface area contributed by atoms with Crippen LogP contribution in [0.4, 0.5) is 0 Å². The molecule has 0 saturated carbocycles. The van der Waals surface area contributed by atoms with Crippen LogP contribution in [0.1, 0.15) is 13.3 Å². The molecule has 3 nitrogen and oxygen atoms in total. The minimum absolute atomic E-state index is 0. The summed E-state index contributed by atoms with van der Waals surface area (Å²) < 4.78 is 5.12. The van der Waals surface area contributed by atoms with Gasteiger partial charge in [0.25, 0.3) is 0 Å². The maximum Gasteiger partial charge on any atom is 0.107 e. The van der Waals surface area contributed by atoms with Crippen molar-refractivity contribution < 1.29 is 14.9 Å². The Kier molecular flexibility index (Phi) is 3.94. The molecule has 1 fully saturated rings. The molecule has 0 spiro atoms. The van der Waals surface area contributed by atoms with E-state index >= 15 is 0 Å². The van der Waals surface area contributed by atoms with E-state index in [1.54, 1.807) is 0 Å². The van der Waals surface area contributed by atoms with Crippen LogP contribution in [0.2, 0.25) is 0 Å². The molecule has 3 atom stereocenters. The molecule has 10 heavy (non-hydrogen) atoms. The number of aliphatic hydroxyl groups excluding tert-OH is 2. The van der Waals surface area contributed by atoms with Crippen molar-refractivity contribution >= 4 is 8.41 Å². The lowest BCUT2D eigenvalue weighted by Gasteiger charge is -2.08. The van der Waals surface area contributed by atoms with Gasteiger partial charge in [-0.05, 0) is 6.92 Å². The molecule has 2 N–H and O–H groups in total. The number of aliphatic hydroxyl groups is 2. The first-order valence-corrected chi connectivity index (χ1v) is 3.18. The predicted molar refractivity (Wildman–Crippen MR) is 37.8 cm³/mol. The Morgan fingerprint density at radius 3 is 2.40 bits per heavy atom. The lowest BCUT2D eigenvalue weighted by molar-refractivity contribution is -0.0170. The van der Waals surface area contributed by atoms with Crippen LogP contribution in [0.5, 0.6) is 0 Å². The molecule has 0 bridgehead atoms. The summed E-state index contributed by atoms with van der Waals surface area (Å²) in [4.78, 5) is 0. The molecule has 3 radical (unpaired) electrons. The van der Waals surface area contributed by atoms with E-state index in [0.29, 0.717) is 6.42 Å². The van der Waals surface area contributed by atoms with Gasteiger partial charge >= 0.3 is 0 Å². The summed E-state index contributed by atoms with van der Waals surface area (Å²) in [5.74, 6) is 0. The van der Waals surface area contributed by atoms with Gasteiger partial charge in [0.15, 0.2) is 0 Å². The summed E-state index contributed by atoms with van der Waals surface area (Å²) >= 11 is 0. The first-order chi connectivity index (χ1) is 4.24. The number of hydrogen-bond acceptors (Lipinski definition) is 3. The van der Waals surface area contributed by atoms with Crippen molar-refractivity contribution in [3.63, 3.8) is 0 Å². The molecule has 0 amide bonds. The van der Waals surface area contributed by atoms with Crippen LogP contribution in [-0.2, 0) is 4.74 Å². The second-order valence-electron chi connectivity index (χ2n) is 2.47. The van der Waals surface area contributed by atoms with Gasteiger partial charge in [-0.15, -0.1) is 0 Å². The smallest absolute Gasteiger partial charge is 0.107 e. The number of ether oxygens (including phenoxy) is 1. The van der Waals surface area contributed by atoms with Gasteiger partial charge in [0.1, 0.15) is 6.10 Å². The molecule has 1 heterocycles.